The van der Waals surface area contributed by atoms with Gasteiger partial charge in [-0.05, 0) is 24.3 Å². The highest BCUT2D eigenvalue weighted by atomic mass is 19.3. The topological polar surface area (TPSA) is 129 Å². The first-order chi connectivity index (χ1) is 15.6. The largest absolute Gasteiger partial charge is 0.493 e. The number of rotatable bonds is 9. The van der Waals surface area contributed by atoms with E-state index in [9.17, 15) is 28.0 Å². The maximum atomic E-state index is 12.5. The van der Waals surface area contributed by atoms with Crippen molar-refractivity contribution in [1.29, 1.82) is 0 Å². The van der Waals surface area contributed by atoms with Gasteiger partial charge in [-0.1, -0.05) is 0 Å². The normalized spacial score (nSPS) is 10.2. The number of esters is 1. The third-order valence-electron chi connectivity index (χ3n) is 3.98. The first-order valence-corrected chi connectivity index (χ1v) is 9.24. The van der Waals surface area contributed by atoms with Gasteiger partial charge in [0.25, 0.3) is 11.8 Å². The molecule has 0 aliphatic heterocycles. The van der Waals surface area contributed by atoms with Crippen molar-refractivity contribution in [2.24, 2.45) is 0 Å². The molecular formula is C21H20F2N2O8. The summed E-state index contributed by atoms with van der Waals surface area (Å²) in [6.45, 7) is -2.60. The zero-order chi connectivity index (χ0) is 24.5. The lowest BCUT2D eigenvalue weighted by atomic mass is 10.1. The molecule has 0 unspecified atom stereocenters. The molecule has 0 atom stereocenters. The highest BCUT2D eigenvalue weighted by Gasteiger charge is 2.20. The molecule has 2 rings (SSSR count). The SMILES string of the molecule is COc1cc(NC(C)=O)c(C(=O)OCC(=O)NC(=O)c2ccc(OC(F)F)cc2)cc1OC. The molecule has 12 heteroatoms. The molecule has 0 aromatic heterocycles. The van der Waals surface area contributed by atoms with E-state index in [1.54, 1.807) is 0 Å². The summed E-state index contributed by atoms with van der Waals surface area (Å²) >= 11 is 0. The van der Waals surface area contributed by atoms with E-state index >= 15 is 0 Å². The molecule has 0 bridgehead atoms. The maximum Gasteiger partial charge on any atom is 0.387 e. The van der Waals surface area contributed by atoms with Gasteiger partial charge in [0.05, 0.1) is 25.5 Å². The van der Waals surface area contributed by atoms with E-state index in [2.05, 4.69) is 10.1 Å². The summed E-state index contributed by atoms with van der Waals surface area (Å²) in [4.78, 5) is 48.1. The third-order valence-corrected chi connectivity index (χ3v) is 3.98. The first kappa shape index (κ1) is 25.0. The van der Waals surface area contributed by atoms with Crippen molar-refractivity contribution in [3.05, 3.63) is 47.5 Å². The van der Waals surface area contributed by atoms with E-state index in [1.807, 2.05) is 5.32 Å². The second-order valence-electron chi connectivity index (χ2n) is 6.29. The number of nitrogens with one attached hydrogen (secondary N) is 2. The zero-order valence-corrected chi connectivity index (χ0v) is 17.8. The molecule has 10 nitrogen and oxygen atoms in total. The van der Waals surface area contributed by atoms with Crippen molar-refractivity contribution >= 4 is 29.4 Å². The Hall–Kier alpha value is -4.22. The van der Waals surface area contributed by atoms with Crippen LogP contribution in [-0.2, 0) is 14.3 Å². The predicted molar refractivity (Wildman–Crippen MR) is 110 cm³/mol. The van der Waals surface area contributed by atoms with Crippen LogP contribution in [0.25, 0.3) is 0 Å². The number of carbonyl (C=O) groups excluding carboxylic acids is 4. The molecule has 0 saturated heterocycles. The van der Waals surface area contributed by atoms with Gasteiger partial charge in [0.15, 0.2) is 18.1 Å². The first-order valence-electron chi connectivity index (χ1n) is 9.24. The summed E-state index contributed by atoms with van der Waals surface area (Å²) in [7, 11) is 2.71. The van der Waals surface area contributed by atoms with Crippen LogP contribution in [0, 0.1) is 0 Å². The third kappa shape index (κ3) is 7.16. The number of ether oxygens (including phenoxy) is 4. The van der Waals surface area contributed by atoms with Gasteiger partial charge < -0.3 is 24.3 Å². The molecule has 2 aromatic rings. The van der Waals surface area contributed by atoms with E-state index in [0.29, 0.717) is 0 Å². The Morgan fingerprint density at radius 2 is 1.58 bits per heavy atom. The van der Waals surface area contributed by atoms with Crippen LogP contribution < -0.4 is 24.8 Å². The van der Waals surface area contributed by atoms with Crippen LogP contribution >= 0.6 is 0 Å². The fraction of sp³-hybridized carbons (Fsp3) is 0.238. The Morgan fingerprint density at radius 1 is 0.970 bits per heavy atom. The van der Waals surface area contributed by atoms with Crippen LogP contribution in [0.1, 0.15) is 27.6 Å². The monoisotopic (exact) mass is 466 g/mol. The number of methoxy groups -OCH3 is 2. The summed E-state index contributed by atoms with van der Waals surface area (Å²) in [5, 5.41) is 4.44. The lowest BCUT2D eigenvalue weighted by Crippen LogP contribution is -2.34. The highest BCUT2D eigenvalue weighted by Crippen LogP contribution is 2.33. The van der Waals surface area contributed by atoms with Crippen molar-refractivity contribution in [2.75, 3.05) is 26.1 Å². The Kier molecular flexibility index (Phi) is 8.66. The molecule has 0 fully saturated rings. The van der Waals surface area contributed by atoms with Gasteiger partial charge in [0.1, 0.15) is 5.75 Å². The van der Waals surface area contributed by atoms with Gasteiger partial charge in [-0.3, -0.25) is 19.7 Å². The number of benzene rings is 2. The standard InChI is InChI=1S/C21H20F2N2O8/c1-11(26)24-15-9-17(31-3)16(30-2)8-14(15)20(29)32-10-18(27)25-19(28)12-4-6-13(7-5-12)33-21(22)23/h4-9,21H,10H2,1-3H3,(H,24,26)(H,25,27,28). The Morgan fingerprint density at radius 3 is 2.12 bits per heavy atom. The zero-order valence-electron chi connectivity index (χ0n) is 17.8. The van der Waals surface area contributed by atoms with Crippen molar-refractivity contribution in [3.63, 3.8) is 0 Å². The molecule has 0 saturated carbocycles. The fourth-order valence-corrected chi connectivity index (χ4v) is 2.57. The van der Waals surface area contributed by atoms with Gasteiger partial charge in [0, 0.05) is 24.6 Å². The Bertz CT molecular complexity index is 1040. The van der Waals surface area contributed by atoms with Crippen molar-refractivity contribution in [3.8, 4) is 17.2 Å². The molecule has 0 heterocycles. The lowest BCUT2D eigenvalue weighted by molar-refractivity contribution is -0.123. The van der Waals surface area contributed by atoms with Crippen molar-refractivity contribution in [2.45, 2.75) is 13.5 Å². The number of anilines is 1. The molecule has 176 valence electrons. The highest BCUT2D eigenvalue weighted by molar-refractivity contribution is 6.06. The van der Waals surface area contributed by atoms with Gasteiger partial charge in [-0.25, -0.2) is 4.79 Å². The quantitative estimate of drug-likeness (QED) is 0.539. The van der Waals surface area contributed by atoms with Crippen molar-refractivity contribution in [1.82, 2.24) is 5.32 Å². The number of carbonyl (C=O) groups is 4. The second-order valence-corrected chi connectivity index (χ2v) is 6.29. The lowest BCUT2D eigenvalue weighted by Gasteiger charge is -2.14. The van der Waals surface area contributed by atoms with E-state index in [0.717, 1.165) is 12.1 Å². The summed E-state index contributed by atoms with van der Waals surface area (Å²) in [5.74, 6) is -2.97. The number of amides is 3. The van der Waals surface area contributed by atoms with Crippen LogP contribution in [0.5, 0.6) is 17.2 Å². The fourth-order valence-electron chi connectivity index (χ4n) is 2.57. The molecule has 0 aliphatic carbocycles. The van der Waals surface area contributed by atoms with Gasteiger partial charge in [0.2, 0.25) is 5.91 Å². The minimum Gasteiger partial charge on any atom is -0.493 e. The average molecular weight is 466 g/mol. The van der Waals surface area contributed by atoms with E-state index in [-0.39, 0.29) is 34.1 Å². The van der Waals surface area contributed by atoms with Crippen LogP contribution in [0.15, 0.2) is 36.4 Å². The molecule has 3 amide bonds. The minimum absolute atomic E-state index is 0.0101. The molecule has 0 aliphatic rings. The van der Waals surface area contributed by atoms with E-state index in [1.165, 1.54) is 45.4 Å². The van der Waals surface area contributed by atoms with Crippen LogP contribution in [-0.4, -0.2) is 51.1 Å². The second kappa shape index (κ2) is 11.4. The van der Waals surface area contributed by atoms with Gasteiger partial charge in [-0.2, -0.15) is 8.78 Å². The molecule has 0 spiro atoms. The van der Waals surface area contributed by atoms with Crippen LogP contribution in [0.2, 0.25) is 0 Å². The maximum absolute atomic E-state index is 12.5. The number of halogens is 2. The number of hydrogen-bond acceptors (Lipinski definition) is 8. The average Bonchev–Trinajstić information content (AvgIpc) is 2.76. The van der Waals surface area contributed by atoms with Crippen LogP contribution in [0.4, 0.5) is 14.5 Å². The summed E-state index contributed by atoms with van der Waals surface area (Å²) < 4.78 is 43.7. The summed E-state index contributed by atoms with van der Waals surface area (Å²) in [6.07, 6.45) is 0. The summed E-state index contributed by atoms with van der Waals surface area (Å²) in [6, 6.07) is 7.23. The Labute approximate surface area is 186 Å². The number of imide groups is 1. The number of hydrogen-bond donors (Lipinski definition) is 2. The molecule has 0 radical (unpaired) electrons. The molecule has 2 aromatic carbocycles. The van der Waals surface area contributed by atoms with E-state index in [4.69, 9.17) is 14.2 Å². The smallest absolute Gasteiger partial charge is 0.387 e. The van der Waals surface area contributed by atoms with Gasteiger partial charge >= 0.3 is 12.6 Å². The molecular weight excluding hydrogens is 446 g/mol. The van der Waals surface area contributed by atoms with Crippen molar-refractivity contribution < 1.29 is 46.9 Å². The van der Waals surface area contributed by atoms with E-state index < -0.39 is 36.9 Å². The minimum atomic E-state index is -3.02. The van der Waals surface area contributed by atoms with Gasteiger partial charge in [-0.15, -0.1) is 0 Å². The summed E-state index contributed by atoms with van der Waals surface area (Å²) in [5.41, 5.74) is -0.0616. The molecule has 33 heavy (non-hydrogen) atoms. The number of alkyl halides is 2. The van der Waals surface area contributed by atoms with Crippen LogP contribution in [0.3, 0.4) is 0 Å². The predicted octanol–water partition coefficient (Wildman–Crippen LogP) is 2.38. The molecule has 2 N–H and O–H groups in total. The Balaban J connectivity index is 2.04.